The van der Waals surface area contributed by atoms with Crippen molar-refractivity contribution in [2.24, 2.45) is 5.73 Å². The van der Waals surface area contributed by atoms with Crippen LogP contribution in [0.5, 0.6) is 5.75 Å². The molecule has 3 N–H and O–H groups in total. The lowest BCUT2D eigenvalue weighted by Crippen LogP contribution is -2.34. The highest BCUT2D eigenvalue weighted by Gasteiger charge is 2.06. The molecule has 0 heterocycles. The van der Waals surface area contributed by atoms with E-state index in [0.717, 1.165) is 27.6 Å². The van der Waals surface area contributed by atoms with Crippen molar-refractivity contribution >= 4 is 16.8 Å². The molecule has 3 aromatic carbocycles. The first-order valence-corrected chi connectivity index (χ1v) is 8.07. The number of amides is 2. The molecule has 0 saturated carbocycles. The molecule has 0 radical (unpaired) electrons. The van der Waals surface area contributed by atoms with Crippen LogP contribution in [0.3, 0.4) is 0 Å². The SMILES string of the molecule is NC(=O)N(O)CCc1ccc2cc(OCc3ccccc3)ccc2c1. The largest absolute Gasteiger partial charge is 0.489 e. The maximum Gasteiger partial charge on any atom is 0.338 e. The van der Waals surface area contributed by atoms with E-state index in [-0.39, 0.29) is 6.54 Å². The van der Waals surface area contributed by atoms with Gasteiger partial charge in [-0.15, -0.1) is 0 Å². The van der Waals surface area contributed by atoms with Crippen LogP contribution in [0.4, 0.5) is 4.79 Å². The van der Waals surface area contributed by atoms with Crippen molar-refractivity contribution in [1.29, 1.82) is 0 Å². The zero-order valence-electron chi connectivity index (χ0n) is 13.8. The van der Waals surface area contributed by atoms with Gasteiger partial charge in [0.05, 0.1) is 6.54 Å². The highest BCUT2D eigenvalue weighted by molar-refractivity contribution is 5.84. The number of carbonyl (C=O) groups excluding carboxylic acids is 1. The molecule has 5 heteroatoms. The summed E-state index contributed by atoms with van der Waals surface area (Å²) < 4.78 is 5.84. The summed E-state index contributed by atoms with van der Waals surface area (Å²) in [5, 5.41) is 12.0. The molecule has 0 bridgehead atoms. The Balaban J connectivity index is 1.67. The first-order chi connectivity index (χ1) is 12.1. The minimum atomic E-state index is -0.846. The Morgan fingerprint density at radius 3 is 2.44 bits per heavy atom. The minimum Gasteiger partial charge on any atom is -0.489 e. The molecule has 2 amide bonds. The second-order valence-electron chi connectivity index (χ2n) is 5.83. The number of carbonyl (C=O) groups is 1. The predicted molar refractivity (Wildman–Crippen MR) is 96.5 cm³/mol. The summed E-state index contributed by atoms with van der Waals surface area (Å²) in [6, 6.07) is 21.1. The maximum absolute atomic E-state index is 10.8. The number of hydrogen-bond donors (Lipinski definition) is 2. The van der Waals surface area contributed by atoms with E-state index in [0.29, 0.717) is 18.1 Å². The van der Waals surface area contributed by atoms with Gasteiger partial charge in [-0.3, -0.25) is 5.21 Å². The number of fused-ring (bicyclic) bond motifs is 1. The Bertz CT molecular complexity index is 865. The molecule has 0 saturated heterocycles. The molecule has 0 aliphatic heterocycles. The third-order valence-electron chi connectivity index (χ3n) is 3.99. The Morgan fingerprint density at radius 2 is 1.68 bits per heavy atom. The summed E-state index contributed by atoms with van der Waals surface area (Å²) in [6.45, 7) is 0.697. The second-order valence-corrected chi connectivity index (χ2v) is 5.83. The molecule has 25 heavy (non-hydrogen) atoms. The fraction of sp³-hybridized carbons (Fsp3) is 0.150. The highest BCUT2D eigenvalue weighted by Crippen LogP contribution is 2.23. The van der Waals surface area contributed by atoms with Crippen LogP contribution >= 0.6 is 0 Å². The van der Waals surface area contributed by atoms with Gasteiger partial charge in [-0.25, -0.2) is 9.86 Å². The monoisotopic (exact) mass is 336 g/mol. The fourth-order valence-corrected chi connectivity index (χ4v) is 2.60. The number of nitrogens with zero attached hydrogens (tertiary/aromatic N) is 1. The van der Waals surface area contributed by atoms with E-state index in [2.05, 4.69) is 0 Å². The van der Waals surface area contributed by atoms with Gasteiger partial charge in [-0.2, -0.15) is 0 Å². The summed E-state index contributed by atoms with van der Waals surface area (Å²) in [5.41, 5.74) is 7.15. The van der Waals surface area contributed by atoms with Gasteiger partial charge in [0, 0.05) is 0 Å². The number of urea groups is 1. The van der Waals surface area contributed by atoms with Gasteiger partial charge in [-0.05, 0) is 40.5 Å². The number of benzene rings is 3. The molecule has 0 aliphatic carbocycles. The Morgan fingerprint density at radius 1 is 0.960 bits per heavy atom. The van der Waals surface area contributed by atoms with Gasteiger partial charge in [0.25, 0.3) is 0 Å². The van der Waals surface area contributed by atoms with Crippen molar-refractivity contribution in [3.05, 3.63) is 77.9 Å². The fourth-order valence-electron chi connectivity index (χ4n) is 2.60. The first-order valence-electron chi connectivity index (χ1n) is 8.07. The van der Waals surface area contributed by atoms with Gasteiger partial charge in [0.2, 0.25) is 0 Å². The van der Waals surface area contributed by atoms with Crippen molar-refractivity contribution < 1.29 is 14.7 Å². The third-order valence-corrected chi connectivity index (χ3v) is 3.99. The topological polar surface area (TPSA) is 75.8 Å². The summed E-state index contributed by atoms with van der Waals surface area (Å²) in [7, 11) is 0. The zero-order chi connectivity index (χ0) is 17.6. The van der Waals surface area contributed by atoms with E-state index < -0.39 is 6.03 Å². The van der Waals surface area contributed by atoms with E-state index >= 15 is 0 Å². The molecule has 128 valence electrons. The van der Waals surface area contributed by atoms with Crippen LogP contribution in [-0.2, 0) is 13.0 Å². The Hall–Kier alpha value is -3.05. The smallest absolute Gasteiger partial charge is 0.338 e. The average Bonchev–Trinajstić information content (AvgIpc) is 2.65. The van der Waals surface area contributed by atoms with Crippen molar-refractivity contribution in [1.82, 2.24) is 5.06 Å². The molecule has 3 rings (SSSR count). The summed E-state index contributed by atoms with van der Waals surface area (Å²) in [4.78, 5) is 10.8. The zero-order valence-corrected chi connectivity index (χ0v) is 13.8. The molecule has 5 nitrogen and oxygen atoms in total. The first kappa shape index (κ1) is 16.8. The number of ether oxygens (including phenoxy) is 1. The summed E-state index contributed by atoms with van der Waals surface area (Å²) >= 11 is 0. The number of rotatable bonds is 6. The molecule has 0 aromatic heterocycles. The standard InChI is InChI=1S/C20H20N2O3/c21-20(23)22(24)11-10-15-6-7-18-13-19(9-8-17(18)12-15)25-14-16-4-2-1-3-5-16/h1-9,12-13,24H,10-11,14H2,(H2,21,23). The van der Waals surface area contributed by atoms with Crippen molar-refractivity contribution in [2.75, 3.05) is 6.54 Å². The van der Waals surface area contributed by atoms with Crippen LogP contribution < -0.4 is 10.5 Å². The summed E-state index contributed by atoms with van der Waals surface area (Å²) in [5.74, 6) is 0.819. The molecule has 3 aromatic rings. The molecular formula is C20H20N2O3. The van der Waals surface area contributed by atoms with E-state index in [1.807, 2.05) is 66.7 Å². The minimum absolute atomic E-state index is 0.166. The Labute approximate surface area is 146 Å². The number of hydrogen-bond acceptors (Lipinski definition) is 3. The molecule has 0 fully saturated rings. The van der Waals surface area contributed by atoms with Crippen LogP contribution in [0.15, 0.2) is 66.7 Å². The maximum atomic E-state index is 10.8. The lowest BCUT2D eigenvalue weighted by atomic mass is 10.0. The lowest BCUT2D eigenvalue weighted by molar-refractivity contribution is -0.0382. The number of hydroxylamine groups is 2. The number of primary amides is 1. The summed E-state index contributed by atoms with van der Waals surface area (Å²) in [6.07, 6.45) is 0.529. The predicted octanol–water partition coefficient (Wildman–Crippen LogP) is 3.73. The number of nitrogens with two attached hydrogens (primary N) is 1. The van der Waals surface area contributed by atoms with Crippen molar-refractivity contribution in [3.8, 4) is 5.75 Å². The van der Waals surface area contributed by atoms with Gasteiger partial charge < -0.3 is 10.5 Å². The van der Waals surface area contributed by atoms with E-state index in [1.54, 1.807) is 0 Å². The van der Waals surface area contributed by atoms with E-state index in [4.69, 9.17) is 10.5 Å². The van der Waals surface area contributed by atoms with Crippen molar-refractivity contribution in [3.63, 3.8) is 0 Å². The third kappa shape index (κ3) is 4.49. The van der Waals surface area contributed by atoms with E-state index in [1.165, 1.54) is 0 Å². The van der Waals surface area contributed by atoms with Crippen LogP contribution in [0, 0.1) is 0 Å². The Kier molecular flexibility index (Phi) is 5.16. The normalized spacial score (nSPS) is 10.6. The van der Waals surface area contributed by atoms with Crippen LogP contribution in [0.2, 0.25) is 0 Å². The van der Waals surface area contributed by atoms with Crippen molar-refractivity contribution in [2.45, 2.75) is 13.0 Å². The lowest BCUT2D eigenvalue weighted by Gasteiger charge is -2.12. The van der Waals surface area contributed by atoms with Gasteiger partial charge in [0.1, 0.15) is 12.4 Å². The van der Waals surface area contributed by atoms with Gasteiger partial charge in [0.15, 0.2) is 0 Å². The molecular weight excluding hydrogens is 316 g/mol. The molecule has 0 unspecified atom stereocenters. The van der Waals surface area contributed by atoms with Crippen LogP contribution in [0.1, 0.15) is 11.1 Å². The van der Waals surface area contributed by atoms with Crippen LogP contribution in [-0.4, -0.2) is 22.8 Å². The van der Waals surface area contributed by atoms with Gasteiger partial charge >= 0.3 is 6.03 Å². The van der Waals surface area contributed by atoms with E-state index in [9.17, 15) is 10.0 Å². The quantitative estimate of drug-likeness (QED) is 0.532. The molecule has 0 spiro atoms. The average molecular weight is 336 g/mol. The molecule has 0 atom stereocenters. The molecule has 0 aliphatic rings. The second kappa shape index (κ2) is 7.68. The van der Waals surface area contributed by atoms with Gasteiger partial charge in [-0.1, -0.05) is 54.6 Å². The highest BCUT2D eigenvalue weighted by atomic mass is 16.5. The van der Waals surface area contributed by atoms with Crippen LogP contribution in [0.25, 0.3) is 10.8 Å².